The van der Waals surface area contributed by atoms with E-state index in [0.717, 1.165) is 0 Å². The lowest BCUT2D eigenvalue weighted by Gasteiger charge is -2.04. The molecule has 0 saturated heterocycles. The molecule has 0 aromatic carbocycles. The van der Waals surface area contributed by atoms with Crippen LogP contribution in [-0.4, -0.2) is 42.5 Å². The Morgan fingerprint density at radius 2 is 2.35 bits per heavy atom. The average Bonchev–Trinajstić information content (AvgIpc) is 2.70. The minimum atomic E-state index is -0.347. The summed E-state index contributed by atoms with van der Waals surface area (Å²) in [5.74, 6) is 0.799. The molecule has 0 saturated carbocycles. The molecule has 1 aromatic heterocycles. The lowest BCUT2D eigenvalue weighted by molar-refractivity contribution is -0.148. The molecule has 0 unspecified atom stereocenters. The van der Waals surface area contributed by atoms with Crippen molar-refractivity contribution in [3.63, 3.8) is 0 Å². The number of hydrogen-bond acceptors (Lipinski definition) is 7. The molecule has 0 aliphatic heterocycles. The Morgan fingerprint density at radius 3 is 3.00 bits per heavy atom. The van der Waals surface area contributed by atoms with Crippen molar-refractivity contribution in [1.82, 2.24) is 15.5 Å². The number of esters is 1. The van der Waals surface area contributed by atoms with E-state index in [4.69, 9.17) is 14.0 Å². The van der Waals surface area contributed by atoms with Crippen LogP contribution < -0.4 is 5.32 Å². The van der Waals surface area contributed by atoms with Gasteiger partial charge in [0.2, 0.25) is 5.89 Å². The zero-order valence-corrected chi connectivity index (χ0v) is 10.1. The third-order valence-corrected chi connectivity index (χ3v) is 1.79. The minimum Gasteiger partial charge on any atom is -0.464 e. The van der Waals surface area contributed by atoms with Crippen LogP contribution in [0.15, 0.2) is 4.52 Å². The lowest BCUT2D eigenvalue weighted by atomic mass is 10.5. The molecule has 0 bridgehead atoms. The molecule has 96 valence electrons. The number of nitrogens with zero attached hydrogens (tertiary/aromatic N) is 2. The standard InChI is InChI=1S/C10H17N3O4/c1-3-16-10(14)7-15-5-4-11-6-9-12-8(2)13-17-9/h11H,3-7H2,1-2H3. The number of carbonyl (C=O) groups is 1. The first kappa shape index (κ1) is 13.6. The Morgan fingerprint density at radius 1 is 1.53 bits per heavy atom. The molecule has 0 aliphatic rings. The van der Waals surface area contributed by atoms with Crippen LogP contribution in [0.25, 0.3) is 0 Å². The summed E-state index contributed by atoms with van der Waals surface area (Å²) in [6.07, 6.45) is 0. The van der Waals surface area contributed by atoms with Gasteiger partial charge in [0, 0.05) is 6.54 Å². The Bertz CT molecular complexity index is 340. The van der Waals surface area contributed by atoms with E-state index >= 15 is 0 Å². The largest absolute Gasteiger partial charge is 0.464 e. The number of hydrogen-bond donors (Lipinski definition) is 1. The summed E-state index contributed by atoms with van der Waals surface area (Å²) < 4.78 is 14.7. The maximum atomic E-state index is 10.9. The third-order valence-electron chi connectivity index (χ3n) is 1.79. The predicted molar refractivity (Wildman–Crippen MR) is 58.2 cm³/mol. The Labute approximate surface area is 99.5 Å². The van der Waals surface area contributed by atoms with Crippen molar-refractivity contribution in [2.45, 2.75) is 20.4 Å². The van der Waals surface area contributed by atoms with Crippen molar-refractivity contribution in [3.05, 3.63) is 11.7 Å². The zero-order chi connectivity index (χ0) is 12.5. The van der Waals surface area contributed by atoms with Crippen molar-refractivity contribution in [2.75, 3.05) is 26.4 Å². The lowest BCUT2D eigenvalue weighted by Crippen LogP contribution is -2.21. The second-order valence-electron chi connectivity index (χ2n) is 3.27. The molecule has 7 nitrogen and oxygen atoms in total. The first-order chi connectivity index (χ1) is 8.22. The fourth-order valence-electron chi connectivity index (χ4n) is 1.11. The van der Waals surface area contributed by atoms with Crippen LogP contribution in [0.4, 0.5) is 0 Å². The van der Waals surface area contributed by atoms with Crippen LogP contribution in [-0.2, 0) is 20.8 Å². The summed E-state index contributed by atoms with van der Waals surface area (Å²) >= 11 is 0. The average molecular weight is 243 g/mol. The normalized spacial score (nSPS) is 10.5. The van der Waals surface area contributed by atoms with Crippen molar-refractivity contribution < 1.29 is 18.8 Å². The van der Waals surface area contributed by atoms with Crippen LogP contribution in [0.1, 0.15) is 18.6 Å². The maximum absolute atomic E-state index is 10.9. The molecule has 0 amide bonds. The number of aromatic nitrogens is 2. The van der Waals surface area contributed by atoms with Crippen molar-refractivity contribution >= 4 is 5.97 Å². The van der Waals surface area contributed by atoms with Crippen LogP contribution >= 0.6 is 0 Å². The summed E-state index contributed by atoms with van der Waals surface area (Å²) in [5.41, 5.74) is 0. The molecule has 0 aliphatic carbocycles. The smallest absolute Gasteiger partial charge is 0.332 e. The Kier molecular flexibility index (Phi) is 6.19. The monoisotopic (exact) mass is 243 g/mol. The van der Waals surface area contributed by atoms with Crippen LogP contribution in [0.2, 0.25) is 0 Å². The number of nitrogens with one attached hydrogen (secondary N) is 1. The van der Waals surface area contributed by atoms with E-state index in [1.54, 1.807) is 13.8 Å². The molecule has 1 N–H and O–H groups in total. The van der Waals surface area contributed by atoms with Gasteiger partial charge in [0.05, 0.1) is 19.8 Å². The topological polar surface area (TPSA) is 86.5 Å². The van der Waals surface area contributed by atoms with Gasteiger partial charge in [0.15, 0.2) is 5.82 Å². The van der Waals surface area contributed by atoms with E-state index in [1.165, 1.54) is 0 Å². The second kappa shape index (κ2) is 7.75. The first-order valence-corrected chi connectivity index (χ1v) is 5.45. The van der Waals surface area contributed by atoms with E-state index in [9.17, 15) is 4.79 Å². The second-order valence-corrected chi connectivity index (χ2v) is 3.27. The third kappa shape index (κ3) is 5.98. The van der Waals surface area contributed by atoms with Crippen molar-refractivity contribution in [2.24, 2.45) is 0 Å². The highest BCUT2D eigenvalue weighted by Crippen LogP contribution is 1.93. The quantitative estimate of drug-likeness (QED) is 0.509. The fourth-order valence-corrected chi connectivity index (χ4v) is 1.11. The number of rotatable bonds is 8. The number of aryl methyl sites for hydroxylation is 1. The van der Waals surface area contributed by atoms with Crippen molar-refractivity contribution in [3.8, 4) is 0 Å². The van der Waals surface area contributed by atoms with Gasteiger partial charge in [0.1, 0.15) is 6.61 Å². The predicted octanol–water partition coefficient (Wildman–Crippen LogP) is 0.0473. The molecule has 0 radical (unpaired) electrons. The zero-order valence-electron chi connectivity index (χ0n) is 10.1. The van der Waals surface area contributed by atoms with Gasteiger partial charge in [-0.1, -0.05) is 5.16 Å². The van der Waals surface area contributed by atoms with E-state index in [0.29, 0.717) is 38.0 Å². The molecule has 17 heavy (non-hydrogen) atoms. The van der Waals surface area contributed by atoms with Gasteiger partial charge in [-0.25, -0.2) is 4.79 Å². The summed E-state index contributed by atoms with van der Waals surface area (Å²) in [6.45, 7) is 5.38. The summed E-state index contributed by atoms with van der Waals surface area (Å²) in [5, 5.41) is 6.70. The molecule has 0 fully saturated rings. The fraction of sp³-hybridized carbons (Fsp3) is 0.700. The summed E-state index contributed by atoms with van der Waals surface area (Å²) in [6, 6.07) is 0. The molecule has 7 heteroatoms. The highest BCUT2D eigenvalue weighted by Gasteiger charge is 2.02. The van der Waals surface area contributed by atoms with E-state index in [-0.39, 0.29) is 12.6 Å². The Hall–Kier alpha value is -1.47. The van der Waals surface area contributed by atoms with Gasteiger partial charge < -0.3 is 19.3 Å². The highest BCUT2D eigenvalue weighted by molar-refractivity contribution is 5.70. The van der Waals surface area contributed by atoms with Crippen LogP contribution in [0, 0.1) is 6.92 Å². The van der Waals surface area contributed by atoms with Gasteiger partial charge in [-0.05, 0) is 13.8 Å². The van der Waals surface area contributed by atoms with Gasteiger partial charge in [-0.15, -0.1) is 0 Å². The maximum Gasteiger partial charge on any atom is 0.332 e. The summed E-state index contributed by atoms with van der Waals surface area (Å²) in [4.78, 5) is 14.9. The van der Waals surface area contributed by atoms with E-state index < -0.39 is 0 Å². The van der Waals surface area contributed by atoms with Crippen LogP contribution in [0.5, 0.6) is 0 Å². The van der Waals surface area contributed by atoms with Crippen molar-refractivity contribution in [1.29, 1.82) is 0 Å². The molecule has 1 rings (SSSR count). The molecular weight excluding hydrogens is 226 g/mol. The number of carbonyl (C=O) groups excluding carboxylic acids is 1. The molecule has 1 heterocycles. The summed E-state index contributed by atoms with van der Waals surface area (Å²) in [7, 11) is 0. The van der Waals surface area contributed by atoms with E-state index in [1.807, 2.05) is 0 Å². The van der Waals surface area contributed by atoms with Crippen LogP contribution in [0.3, 0.4) is 0 Å². The SMILES string of the molecule is CCOC(=O)COCCNCc1nc(C)no1. The first-order valence-electron chi connectivity index (χ1n) is 5.45. The van der Waals surface area contributed by atoms with Gasteiger partial charge in [0.25, 0.3) is 0 Å². The molecule has 0 spiro atoms. The van der Waals surface area contributed by atoms with E-state index in [2.05, 4.69) is 15.5 Å². The van der Waals surface area contributed by atoms with Gasteiger partial charge in [-0.2, -0.15) is 4.98 Å². The number of ether oxygens (including phenoxy) is 2. The van der Waals surface area contributed by atoms with Gasteiger partial charge >= 0.3 is 5.97 Å². The highest BCUT2D eigenvalue weighted by atomic mass is 16.6. The molecule has 1 aromatic rings. The molecule has 0 atom stereocenters. The van der Waals surface area contributed by atoms with Gasteiger partial charge in [-0.3, -0.25) is 0 Å². The Balaban J connectivity index is 1.96. The molecular formula is C10H17N3O4. The minimum absolute atomic E-state index is 0.0187.